The van der Waals surface area contributed by atoms with E-state index in [0.717, 1.165) is 11.3 Å². The maximum Gasteiger partial charge on any atom is 0.0498 e. The van der Waals surface area contributed by atoms with Crippen LogP contribution in [0, 0.1) is 6.92 Å². The molecule has 0 aromatic heterocycles. The van der Waals surface area contributed by atoms with Gasteiger partial charge in [-0.3, -0.25) is 4.21 Å². The largest absolute Gasteiger partial charge is 0.255 e. The van der Waals surface area contributed by atoms with Crippen molar-refractivity contribution in [2.24, 2.45) is 0 Å². The van der Waals surface area contributed by atoms with Crippen molar-refractivity contribution < 1.29 is 4.21 Å². The molecule has 0 aliphatic carbocycles. The summed E-state index contributed by atoms with van der Waals surface area (Å²) in [4.78, 5) is 0.887. The highest BCUT2D eigenvalue weighted by Gasteiger charge is 1.99. The van der Waals surface area contributed by atoms with Crippen LogP contribution in [0.2, 0.25) is 0 Å². The lowest BCUT2D eigenvalue weighted by Crippen LogP contribution is -1.91. The van der Waals surface area contributed by atoms with Gasteiger partial charge in [0, 0.05) is 22.0 Å². The summed E-state index contributed by atoms with van der Waals surface area (Å²) >= 11 is 0. The molecule has 2 rings (SSSR count). The Bertz CT molecular complexity index is 529. The molecular formula is C15H16OS. The minimum atomic E-state index is -0.887. The van der Waals surface area contributed by atoms with Crippen LogP contribution in [0.4, 0.5) is 0 Å². The normalized spacial score (nSPS) is 12.4. The summed E-state index contributed by atoms with van der Waals surface area (Å²) in [6, 6.07) is 16.5. The van der Waals surface area contributed by atoms with Gasteiger partial charge in [0.15, 0.2) is 0 Å². The Labute approximate surface area is 105 Å². The first-order chi connectivity index (χ1) is 8.15. The van der Waals surface area contributed by atoms with E-state index < -0.39 is 10.8 Å². The average molecular weight is 244 g/mol. The fourth-order valence-electron chi connectivity index (χ4n) is 1.86. The van der Waals surface area contributed by atoms with Crippen LogP contribution in [0.1, 0.15) is 16.7 Å². The molecule has 2 heteroatoms. The third-order valence-corrected chi connectivity index (χ3v) is 3.68. The number of aryl methyl sites for hydroxylation is 1. The molecular weight excluding hydrogens is 228 g/mol. The van der Waals surface area contributed by atoms with Crippen molar-refractivity contribution in [3.05, 3.63) is 65.2 Å². The molecule has 0 fully saturated rings. The Morgan fingerprint density at radius 1 is 1.00 bits per heavy atom. The lowest BCUT2D eigenvalue weighted by molar-refractivity contribution is 0.687. The third-order valence-electron chi connectivity index (χ3n) is 2.75. The summed E-state index contributed by atoms with van der Waals surface area (Å²) in [6.45, 7) is 2.10. The van der Waals surface area contributed by atoms with Crippen molar-refractivity contribution >= 4 is 10.8 Å². The molecule has 0 spiro atoms. The minimum absolute atomic E-state index is 0.887. The summed E-state index contributed by atoms with van der Waals surface area (Å²) < 4.78 is 11.3. The minimum Gasteiger partial charge on any atom is -0.255 e. The van der Waals surface area contributed by atoms with Gasteiger partial charge < -0.3 is 0 Å². The first-order valence-corrected chi connectivity index (χ1v) is 7.19. The van der Waals surface area contributed by atoms with Crippen LogP contribution >= 0.6 is 0 Å². The van der Waals surface area contributed by atoms with Crippen molar-refractivity contribution in [2.45, 2.75) is 18.2 Å². The van der Waals surface area contributed by atoms with E-state index in [0.29, 0.717) is 0 Å². The summed E-state index contributed by atoms with van der Waals surface area (Å²) in [5.41, 5.74) is 3.86. The van der Waals surface area contributed by atoms with E-state index in [9.17, 15) is 4.21 Å². The van der Waals surface area contributed by atoms with Crippen molar-refractivity contribution in [2.75, 3.05) is 6.26 Å². The molecule has 0 N–H and O–H groups in total. The van der Waals surface area contributed by atoms with E-state index >= 15 is 0 Å². The van der Waals surface area contributed by atoms with E-state index in [4.69, 9.17) is 0 Å². The van der Waals surface area contributed by atoms with E-state index in [-0.39, 0.29) is 0 Å². The Kier molecular flexibility index (Phi) is 3.75. The van der Waals surface area contributed by atoms with E-state index in [1.54, 1.807) is 6.26 Å². The van der Waals surface area contributed by atoms with Crippen molar-refractivity contribution in [3.8, 4) is 0 Å². The summed E-state index contributed by atoms with van der Waals surface area (Å²) in [6.07, 6.45) is 2.63. The molecule has 2 aromatic carbocycles. The zero-order valence-electron chi connectivity index (χ0n) is 10.1. The fourth-order valence-corrected chi connectivity index (χ4v) is 2.38. The molecule has 0 radical (unpaired) electrons. The Balaban J connectivity index is 2.16. The van der Waals surface area contributed by atoms with Crippen molar-refractivity contribution in [1.82, 2.24) is 0 Å². The molecule has 1 atom stereocenters. The monoisotopic (exact) mass is 244 g/mol. The second-order valence-corrected chi connectivity index (χ2v) is 5.64. The molecule has 0 aliphatic rings. The van der Waals surface area contributed by atoms with Crippen LogP contribution in [0.15, 0.2) is 53.4 Å². The van der Waals surface area contributed by atoms with Crippen LogP contribution in [-0.2, 0) is 17.2 Å². The molecule has 17 heavy (non-hydrogen) atoms. The molecule has 0 amide bonds. The van der Waals surface area contributed by atoms with E-state index in [1.165, 1.54) is 16.7 Å². The van der Waals surface area contributed by atoms with E-state index in [2.05, 4.69) is 43.3 Å². The van der Waals surface area contributed by atoms with Crippen molar-refractivity contribution in [1.29, 1.82) is 0 Å². The predicted molar refractivity (Wildman–Crippen MR) is 72.8 cm³/mol. The predicted octanol–water partition coefficient (Wildman–Crippen LogP) is 3.32. The van der Waals surface area contributed by atoms with Gasteiger partial charge in [0.05, 0.1) is 0 Å². The lowest BCUT2D eigenvalue weighted by atomic mass is 10.0. The van der Waals surface area contributed by atoms with E-state index in [1.807, 2.05) is 12.1 Å². The number of hydrogen-bond donors (Lipinski definition) is 0. The van der Waals surface area contributed by atoms with Gasteiger partial charge >= 0.3 is 0 Å². The van der Waals surface area contributed by atoms with Gasteiger partial charge in [-0.25, -0.2) is 0 Å². The molecule has 0 saturated heterocycles. The molecule has 0 aliphatic heterocycles. The van der Waals surface area contributed by atoms with Crippen LogP contribution in [0.25, 0.3) is 0 Å². The van der Waals surface area contributed by atoms with Gasteiger partial charge in [-0.1, -0.05) is 42.0 Å². The second kappa shape index (κ2) is 5.28. The summed E-state index contributed by atoms with van der Waals surface area (Å²) in [5.74, 6) is 0. The summed E-state index contributed by atoms with van der Waals surface area (Å²) in [7, 11) is -0.887. The Morgan fingerprint density at radius 3 is 2.29 bits per heavy atom. The number of benzene rings is 2. The molecule has 1 nitrogen and oxygen atoms in total. The Hall–Kier alpha value is -1.41. The third kappa shape index (κ3) is 3.27. The molecule has 88 valence electrons. The fraction of sp³-hybridized carbons (Fsp3) is 0.200. The standard InChI is InChI=1S/C15H16OS/c1-12-4-3-5-14(10-12)11-13-6-8-15(9-7-13)17(2)16/h3-10H,11H2,1-2H3. The van der Waals surface area contributed by atoms with Crippen LogP contribution in [0.3, 0.4) is 0 Å². The SMILES string of the molecule is Cc1cccc(Cc2ccc(S(C)=O)cc2)c1. The quantitative estimate of drug-likeness (QED) is 0.809. The molecule has 0 heterocycles. The average Bonchev–Trinajstić information content (AvgIpc) is 2.29. The summed E-state index contributed by atoms with van der Waals surface area (Å²) in [5, 5.41) is 0. The highest BCUT2D eigenvalue weighted by atomic mass is 32.2. The van der Waals surface area contributed by atoms with Crippen LogP contribution in [-0.4, -0.2) is 10.5 Å². The first kappa shape index (κ1) is 12.1. The Morgan fingerprint density at radius 2 is 1.71 bits per heavy atom. The van der Waals surface area contributed by atoms with Gasteiger partial charge in [0.2, 0.25) is 0 Å². The van der Waals surface area contributed by atoms with Gasteiger partial charge in [-0.05, 0) is 36.6 Å². The number of rotatable bonds is 3. The maximum atomic E-state index is 11.3. The number of hydrogen-bond acceptors (Lipinski definition) is 1. The van der Waals surface area contributed by atoms with Crippen LogP contribution < -0.4 is 0 Å². The molecule has 1 unspecified atom stereocenters. The highest BCUT2D eigenvalue weighted by Crippen LogP contribution is 2.13. The van der Waals surface area contributed by atoms with Crippen LogP contribution in [0.5, 0.6) is 0 Å². The molecule has 0 saturated carbocycles. The molecule has 0 bridgehead atoms. The zero-order valence-corrected chi connectivity index (χ0v) is 11.0. The van der Waals surface area contributed by atoms with Gasteiger partial charge in [0.25, 0.3) is 0 Å². The molecule has 2 aromatic rings. The topological polar surface area (TPSA) is 17.1 Å². The second-order valence-electron chi connectivity index (χ2n) is 4.26. The smallest absolute Gasteiger partial charge is 0.0498 e. The van der Waals surface area contributed by atoms with Gasteiger partial charge in [-0.15, -0.1) is 0 Å². The lowest BCUT2D eigenvalue weighted by Gasteiger charge is -2.04. The van der Waals surface area contributed by atoms with Gasteiger partial charge in [0.1, 0.15) is 0 Å². The maximum absolute atomic E-state index is 11.3. The first-order valence-electron chi connectivity index (χ1n) is 5.63. The zero-order chi connectivity index (χ0) is 12.3. The highest BCUT2D eigenvalue weighted by molar-refractivity contribution is 7.84. The van der Waals surface area contributed by atoms with Crippen molar-refractivity contribution in [3.63, 3.8) is 0 Å². The van der Waals surface area contributed by atoms with Gasteiger partial charge in [-0.2, -0.15) is 0 Å².